The molecule has 2 heterocycles. The van der Waals surface area contributed by atoms with Gasteiger partial charge in [-0.15, -0.1) is 0 Å². The van der Waals surface area contributed by atoms with Crippen molar-refractivity contribution < 1.29 is 9.26 Å². The molecule has 1 saturated heterocycles. The van der Waals surface area contributed by atoms with Crippen LogP contribution in [0.4, 0.5) is 5.69 Å². The largest absolute Gasteiger partial charge is 0.399 e. The lowest BCUT2D eigenvalue weighted by Gasteiger charge is -2.18. The topological polar surface area (TPSA) is 74.2 Å². The second-order valence-electron chi connectivity index (χ2n) is 4.73. The van der Waals surface area contributed by atoms with Gasteiger partial charge in [0.05, 0.1) is 6.61 Å². The number of thioether (sulfide) groups is 1. The number of hydrogen-bond donors (Lipinski definition) is 1. The minimum Gasteiger partial charge on any atom is -0.399 e. The van der Waals surface area contributed by atoms with E-state index in [0.29, 0.717) is 11.7 Å². The molecule has 20 heavy (non-hydrogen) atoms. The maximum absolute atomic E-state index is 5.76. The van der Waals surface area contributed by atoms with Crippen molar-refractivity contribution in [3.63, 3.8) is 0 Å². The first-order valence-corrected chi connectivity index (χ1v) is 7.83. The van der Waals surface area contributed by atoms with E-state index in [-0.39, 0.29) is 6.10 Å². The zero-order chi connectivity index (χ0) is 13.8. The number of nitrogens with two attached hydrogens (primary N) is 1. The Labute approximate surface area is 121 Å². The third kappa shape index (κ3) is 3.32. The smallest absolute Gasteiger partial charge is 0.227 e. The zero-order valence-electron chi connectivity index (χ0n) is 11.1. The molecule has 6 heteroatoms. The molecule has 0 amide bonds. The molecule has 0 bridgehead atoms. The molecule has 1 aromatic heterocycles. The Morgan fingerprint density at radius 1 is 1.35 bits per heavy atom. The number of anilines is 1. The lowest BCUT2D eigenvalue weighted by atomic mass is 10.1. The Hall–Kier alpha value is -1.53. The van der Waals surface area contributed by atoms with Crippen molar-refractivity contribution >= 4 is 17.4 Å². The molecule has 1 aliphatic rings. The van der Waals surface area contributed by atoms with E-state index in [0.717, 1.165) is 36.6 Å². The average molecular weight is 291 g/mol. The Balaban J connectivity index is 1.59. The van der Waals surface area contributed by atoms with Crippen LogP contribution in [0, 0.1) is 0 Å². The predicted octanol–water partition coefficient (Wildman–Crippen LogP) is 2.24. The van der Waals surface area contributed by atoms with Crippen LogP contribution in [0.15, 0.2) is 28.8 Å². The fourth-order valence-corrected chi connectivity index (χ4v) is 2.98. The van der Waals surface area contributed by atoms with Crippen molar-refractivity contribution in [2.24, 2.45) is 0 Å². The number of ether oxygens (including phenoxy) is 1. The molecule has 3 rings (SSSR count). The van der Waals surface area contributed by atoms with E-state index in [1.165, 1.54) is 5.56 Å². The maximum Gasteiger partial charge on any atom is 0.227 e. The van der Waals surface area contributed by atoms with Gasteiger partial charge in [-0.1, -0.05) is 17.3 Å². The van der Waals surface area contributed by atoms with Gasteiger partial charge in [-0.25, -0.2) is 0 Å². The molecule has 1 unspecified atom stereocenters. The third-order valence-corrected chi connectivity index (χ3v) is 4.16. The first-order valence-electron chi connectivity index (χ1n) is 6.67. The van der Waals surface area contributed by atoms with Crippen LogP contribution in [0.3, 0.4) is 0 Å². The second kappa shape index (κ2) is 6.28. The fraction of sp³-hybridized carbons (Fsp3) is 0.429. The molecule has 2 aromatic rings. The highest BCUT2D eigenvalue weighted by Crippen LogP contribution is 2.24. The molecular weight excluding hydrogens is 274 g/mol. The normalized spacial score (nSPS) is 19.1. The Bertz CT molecular complexity index is 567. The van der Waals surface area contributed by atoms with Crippen LogP contribution >= 0.6 is 11.8 Å². The highest BCUT2D eigenvalue weighted by Gasteiger charge is 2.21. The van der Waals surface area contributed by atoms with Crippen LogP contribution in [0.5, 0.6) is 0 Å². The SMILES string of the molecule is Nc1cccc(CCc2nc(C3CSCCO3)no2)c1. The van der Waals surface area contributed by atoms with Crippen LogP contribution in [0.1, 0.15) is 23.4 Å². The van der Waals surface area contributed by atoms with Crippen molar-refractivity contribution in [3.8, 4) is 0 Å². The van der Waals surface area contributed by atoms with E-state index >= 15 is 0 Å². The number of nitrogen functional groups attached to an aromatic ring is 1. The molecule has 0 aliphatic carbocycles. The van der Waals surface area contributed by atoms with E-state index in [1.54, 1.807) is 0 Å². The summed E-state index contributed by atoms with van der Waals surface area (Å²) in [6, 6.07) is 7.86. The number of aromatic nitrogens is 2. The van der Waals surface area contributed by atoms with Gasteiger partial charge in [-0.05, 0) is 24.1 Å². The molecule has 1 atom stereocenters. The van der Waals surface area contributed by atoms with E-state index in [9.17, 15) is 0 Å². The molecular formula is C14H17N3O2S. The van der Waals surface area contributed by atoms with Gasteiger partial charge < -0.3 is 15.0 Å². The number of nitrogens with zero attached hydrogens (tertiary/aromatic N) is 2. The Morgan fingerprint density at radius 2 is 2.30 bits per heavy atom. The summed E-state index contributed by atoms with van der Waals surface area (Å²) in [5.74, 6) is 3.26. The summed E-state index contributed by atoms with van der Waals surface area (Å²) in [6.45, 7) is 0.752. The molecule has 0 saturated carbocycles. The number of benzene rings is 1. The van der Waals surface area contributed by atoms with Gasteiger partial charge in [-0.2, -0.15) is 16.7 Å². The second-order valence-corrected chi connectivity index (χ2v) is 5.88. The van der Waals surface area contributed by atoms with Crippen molar-refractivity contribution in [2.45, 2.75) is 18.9 Å². The van der Waals surface area contributed by atoms with Crippen LogP contribution in [0.2, 0.25) is 0 Å². The highest BCUT2D eigenvalue weighted by molar-refractivity contribution is 7.99. The lowest BCUT2D eigenvalue weighted by Crippen LogP contribution is -2.16. The summed E-state index contributed by atoms with van der Waals surface area (Å²) in [6.07, 6.45) is 1.53. The highest BCUT2D eigenvalue weighted by atomic mass is 32.2. The molecule has 5 nitrogen and oxygen atoms in total. The molecule has 1 aromatic carbocycles. The number of hydrogen-bond acceptors (Lipinski definition) is 6. The van der Waals surface area contributed by atoms with E-state index in [1.807, 2.05) is 30.0 Å². The van der Waals surface area contributed by atoms with Gasteiger partial charge in [0, 0.05) is 23.6 Å². The van der Waals surface area contributed by atoms with Gasteiger partial charge in [0.2, 0.25) is 11.7 Å². The van der Waals surface area contributed by atoms with Crippen LogP contribution in [0.25, 0.3) is 0 Å². The van der Waals surface area contributed by atoms with Crippen molar-refractivity contribution in [2.75, 3.05) is 23.8 Å². The summed E-state index contributed by atoms with van der Waals surface area (Å²) in [5, 5.41) is 4.02. The minimum atomic E-state index is -0.0291. The molecule has 1 fully saturated rings. The summed E-state index contributed by atoms with van der Waals surface area (Å²) in [5.41, 5.74) is 7.71. The van der Waals surface area contributed by atoms with Crippen LogP contribution in [-0.4, -0.2) is 28.3 Å². The number of aryl methyl sites for hydroxylation is 2. The summed E-state index contributed by atoms with van der Waals surface area (Å²) < 4.78 is 10.9. The van der Waals surface area contributed by atoms with Gasteiger partial charge in [0.1, 0.15) is 6.10 Å². The van der Waals surface area contributed by atoms with Crippen molar-refractivity contribution in [3.05, 3.63) is 41.5 Å². The molecule has 1 aliphatic heterocycles. The Kier molecular flexibility index (Phi) is 4.22. The molecule has 106 valence electrons. The van der Waals surface area contributed by atoms with Crippen LogP contribution < -0.4 is 5.73 Å². The van der Waals surface area contributed by atoms with E-state index < -0.39 is 0 Å². The van der Waals surface area contributed by atoms with Crippen molar-refractivity contribution in [1.82, 2.24) is 10.1 Å². The lowest BCUT2D eigenvalue weighted by molar-refractivity contribution is 0.0677. The Morgan fingerprint density at radius 3 is 3.10 bits per heavy atom. The summed E-state index contributed by atoms with van der Waals surface area (Å²) in [4.78, 5) is 4.42. The molecule has 0 spiro atoms. The summed E-state index contributed by atoms with van der Waals surface area (Å²) >= 11 is 1.86. The number of rotatable bonds is 4. The standard InChI is InChI=1S/C14H17N3O2S/c15-11-3-1-2-10(8-11)4-5-13-16-14(17-19-13)12-9-20-7-6-18-12/h1-3,8,12H,4-7,9,15H2. The van der Waals surface area contributed by atoms with Crippen LogP contribution in [-0.2, 0) is 17.6 Å². The quantitative estimate of drug-likeness (QED) is 0.871. The van der Waals surface area contributed by atoms with Gasteiger partial charge in [0.25, 0.3) is 0 Å². The average Bonchev–Trinajstić information content (AvgIpc) is 2.95. The van der Waals surface area contributed by atoms with Gasteiger partial charge >= 0.3 is 0 Å². The monoisotopic (exact) mass is 291 g/mol. The first-order chi connectivity index (χ1) is 9.81. The van der Waals surface area contributed by atoms with E-state index in [4.69, 9.17) is 15.0 Å². The summed E-state index contributed by atoms with van der Waals surface area (Å²) in [7, 11) is 0. The van der Waals surface area contributed by atoms with Gasteiger partial charge in [0.15, 0.2) is 0 Å². The first kappa shape index (κ1) is 13.5. The third-order valence-electron chi connectivity index (χ3n) is 3.17. The van der Waals surface area contributed by atoms with Gasteiger partial charge in [-0.3, -0.25) is 0 Å². The van der Waals surface area contributed by atoms with E-state index in [2.05, 4.69) is 16.2 Å². The maximum atomic E-state index is 5.76. The predicted molar refractivity (Wildman–Crippen MR) is 78.6 cm³/mol. The molecule has 2 N–H and O–H groups in total. The minimum absolute atomic E-state index is 0.0291. The molecule has 0 radical (unpaired) electrons. The zero-order valence-corrected chi connectivity index (χ0v) is 11.9. The fourth-order valence-electron chi connectivity index (χ4n) is 2.14. The van der Waals surface area contributed by atoms with Crippen molar-refractivity contribution in [1.29, 1.82) is 0 Å².